The van der Waals surface area contributed by atoms with Gasteiger partial charge in [-0.1, -0.05) is 72.8 Å². The number of para-hydroxylation sites is 3. The molecule has 0 fully saturated rings. The lowest BCUT2D eigenvalue weighted by atomic mass is 10.0. The predicted octanol–water partition coefficient (Wildman–Crippen LogP) is 8.94. The zero-order valence-corrected chi connectivity index (χ0v) is 20.6. The zero-order chi connectivity index (χ0) is 25.1. The van der Waals surface area contributed by atoms with Crippen molar-refractivity contribution in [1.29, 1.82) is 0 Å². The second kappa shape index (κ2) is 8.19. The van der Waals surface area contributed by atoms with Crippen molar-refractivity contribution in [1.82, 2.24) is 14.1 Å². The number of nitrogens with zero attached hydrogens (tertiary/aromatic N) is 3. The van der Waals surface area contributed by atoms with Crippen LogP contribution in [0.3, 0.4) is 0 Å². The van der Waals surface area contributed by atoms with Crippen LogP contribution in [-0.2, 0) is 0 Å². The quantitative estimate of drug-likeness (QED) is 0.245. The molecule has 0 amide bonds. The molecular weight excluding hydrogens is 462 g/mol. The Morgan fingerprint density at radius 1 is 0.395 bits per heavy atom. The molecule has 0 spiro atoms. The third-order valence-corrected chi connectivity index (χ3v) is 7.60. The molecule has 5 aromatic carbocycles. The lowest BCUT2D eigenvalue weighted by Crippen LogP contribution is -1.93. The van der Waals surface area contributed by atoms with E-state index in [0.29, 0.717) is 0 Å². The van der Waals surface area contributed by atoms with Crippen molar-refractivity contribution in [3.63, 3.8) is 0 Å². The molecule has 0 N–H and O–H groups in total. The molecular formula is C35H23N3. The highest BCUT2D eigenvalue weighted by Gasteiger charge is 2.15. The van der Waals surface area contributed by atoms with Crippen LogP contribution in [-0.4, -0.2) is 14.1 Å². The summed E-state index contributed by atoms with van der Waals surface area (Å²) in [4.78, 5) is 4.44. The third kappa shape index (κ3) is 3.06. The van der Waals surface area contributed by atoms with Crippen molar-refractivity contribution < 1.29 is 0 Å². The number of benzene rings is 5. The Morgan fingerprint density at radius 2 is 0.974 bits per heavy atom. The van der Waals surface area contributed by atoms with Crippen LogP contribution in [0, 0.1) is 0 Å². The minimum Gasteiger partial charge on any atom is -0.309 e. The van der Waals surface area contributed by atoms with E-state index in [1.54, 1.807) is 0 Å². The van der Waals surface area contributed by atoms with Gasteiger partial charge in [-0.05, 0) is 65.7 Å². The smallest absolute Gasteiger partial charge is 0.0724 e. The molecule has 0 saturated heterocycles. The van der Waals surface area contributed by atoms with Gasteiger partial charge < -0.3 is 9.13 Å². The van der Waals surface area contributed by atoms with Crippen molar-refractivity contribution in [3.8, 4) is 22.5 Å². The summed E-state index contributed by atoms with van der Waals surface area (Å²) in [5, 5.41) is 4.97. The van der Waals surface area contributed by atoms with E-state index < -0.39 is 0 Å². The van der Waals surface area contributed by atoms with Crippen molar-refractivity contribution in [2.45, 2.75) is 0 Å². The van der Waals surface area contributed by atoms with Gasteiger partial charge in [-0.25, -0.2) is 0 Å². The van der Waals surface area contributed by atoms with Crippen LogP contribution in [0.15, 0.2) is 140 Å². The third-order valence-electron chi connectivity index (χ3n) is 7.60. The van der Waals surface area contributed by atoms with Crippen molar-refractivity contribution >= 4 is 43.6 Å². The molecule has 178 valence electrons. The maximum atomic E-state index is 4.44. The second-order valence-corrected chi connectivity index (χ2v) is 9.72. The SMILES string of the molecule is c1ccc(-n2c3ccc(-c4ccc5c6ccccc6n(-c6ccccc6)c5c4)cc3c3ccncc32)cc1. The molecule has 0 aliphatic carbocycles. The van der Waals surface area contributed by atoms with Crippen LogP contribution >= 0.6 is 0 Å². The minimum atomic E-state index is 1.12. The topological polar surface area (TPSA) is 22.8 Å². The summed E-state index contributed by atoms with van der Waals surface area (Å²) < 4.78 is 4.68. The van der Waals surface area contributed by atoms with E-state index in [9.17, 15) is 0 Å². The Balaban J connectivity index is 1.38. The van der Waals surface area contributed by atoms with Gasteiger partial charge in [0, 0.05) is 39.1 Å². The molecule has 0 saturated carbocycles. The van der Waals surface area contributed by atoms with Crippen LogP contribution < -0.4 is 0 Å². The number of rotatable bonds is 3. The van der Waals surface area contributed by atoms with Gasteiger partial charge >= 0.3 is 0 Å². The van der Waals surface area contributed by atoms with E-state index in [2.05, 4.69) is 142 Å². The lowest BCUT2D eigenvalue weighted by molar-refractivity contribution is 1.17. The Bertz CT molecular complexity index is 2120. The molecule has 3 aromatic heterocycles. The largest absolute Gasteiger partial charge is 0.309 e. The molecule has 0 aliphatic rings. The molecule has 0 radical (unpaired) electrons. The van der Waals surface area contributed by atoms with Crippen LogP contribution in [0.4, 0.5) is 0 Å². The fourth-order valence-corrected chi connectivity index (χ4v) is 5.91. The molecule has 38 heavy (non-hydrogen) atoms. The Morgan fingerprint density at radius 3 is 1.76 bits per heavy atom. The number of pyridine rings is 1. The fraction of sp³-hybridized carbons (Fsp3) is 0. The average Bonchev–Trinajstić information content (AvgIpc) is 3.50. The normalized spacial score (nSPS) is 11.7. The highest BCUT2D eigenvalue weighted by Crippen LogP contribution is 2.37. The van der Waals surface area contributed by atoms with Gasteiger partial charge in [-0.15, -0.1) is 0 Å². The Labute approximate surface area is 219 Å². The molecule has 0 atom stereocenters. The fourth-order valence-electron chi connectivity index (χ4n) is 5.91. The summed E-state index contributed by atoms with van der Waals surface area (Å²) in [5.74, 6) is 0. The molecule has 3 heteroatoms. The first-order valence-corrected chi connectivity index (χ1v) is 12.9. The van der Waals surface area contributed by atoms with Gasteiger partial charge in [0.25, 0.3) is 0 Å². The van der Waals surface area contributed by atoms with Crippen molar-refractivity contribution in [2.75, 3.05) is 0 Å². The summed E-state index contributed by atoms with van der Waals surface area (Å²) in [5.41, 5.74) is 9.45. The first-order valence-electron chi connectivity index (χ1n) is 12.9. The molecule has 0 aliphatic heterocycles. The van der Waals surface area contributed by atoms with E-state index in [1.165, 1.54) is 54.9 Å². The summed E-state index contributed by atoms with van der Waals surface area (Å²) in [6.07, 6.45) is 3.85. The van der Waals surface area contributed by atoms with Gasteiger partial charge in [0.2, 0.25) is 0 Å². The first-order chi connectivity index (χ1) is 18.9. The molecule has 3 heterocycles. The summed E-state index contributed by atoms with van der Waals surface area (Å²) in [6.45, 7) is 0. The lowest BCUT2D eigenvalue weighted by Gasteiger charge is -2.10. The van der Waals surface area contributed by atoms with Crippen LogP contribution in [0.1, 0.15) is 0 Å². The van der Waals surface area contributed by atoms with Crippen molar-refractivity contribution in [3.05, 3.63) is 140 Å². The summed E-state index contributed by atoms with van der Waals surface area (Å²) >= 11 is 0. The summed E-state index contributed by atoms with van der Waals surface area (Å²) in [7, 11) is 0. The molecule has 0 bridgehead atoms. The van der Waals surface area contributed by atoms with Gasteiger partial charge in [0.05, 0.1) is 28.3 Å². The van der Waals surface area contributed by atoms with Gasteiger partial charge in [-0.3, -0.25) is 4.98 Å². The van der Waals surface area contributed by atoms with E-state index in [1.807, 2.05) is 12.4 Å². The number of aromatic nitrogens is 3. The Hall–Kier alpha value is -5.15. The van der Waals surface area contributed by atoms with E-state index in [-0.39, 0.29) is 0 Å². The second-order valence-electron chi connectivity index (χ2n) is 9.72. The molecule has 8 rings (SSSR count). The monoisotopic (exact) mass is 485 g/mol. The maximum absolute atomic E-state index is 4.44. The maximum Gasteiger partial charge on any atom is 0.0724 e. The number of hydrogen-bond donors (Lipinski definition) is 0. The highest BCUT2D eigenvalue weighted by molar-refractivity contribution is 6.12. The number of fused-ring (bicyclic) bond motifs is 6. The van der Waals surface area contributed by atoms with E-state index in [0.717, 1.165) is 11.2 Å². The zero-order valence-electron chi connectivity index (χ0n) is 20.6. The van der Waals surface area contributed by atoms with Crippen LogP contribution in [0.2, 0.25) is 0 Å². The van der Waals surface area contributed by atoms with Crippen LogP contribution in [0.25, 0.3) is 66.1 Å². The van der Waals surface area contributed by atoms with Crippen molar-refractivity contribution in [2.24, 2.45) is 0 Å². The highest BCUT2D eigenvalue weighted by atomic mass is 15.0. The molecule has 8 aromatic rings. The van der Waals surface area contributed by atoms with Crippen LogP contribution in [0.5, 0.6) is 0 Å². The first kappa shape index (κ1) is 21.0. The summed E-state index contributed by atoms with van der Waals surface area (Å²) in [6, 6.07) is 45.6. The van der Waals surface area contributed by atoms with E-state index >= 15 is 0 Å². The van der Waals surface area contributed by atoms with Gasteiger partial charge in [0.1, 0.15) is 0 Å². The van der Waals surface area contributed by atoms with Gasteiger partial charge in [-0.2, -0.15) is 0 Å². The molecule has 3 nitrogen and oxygen atoms in total. The standard InChI is InChI=1S/C35H23N3/c1-3-9-26(10-4-1)37-32-14-8-7-13-28(32)29-17-15-25(22-34(29)37)24-16-18-33-31(21-24)30-19-20-36-23-35(30)38(33)27-11-5-2-6-12-27/h1-23H. The molecule has 0 unspecified atom stereocenters. The Kier molecular flexibility index (Phi) is 4.52. The van der Waals surface area contributed by atoms with E-state index in [4.69, 9.17) is 0 Å². The predicted molar refractivity (Wildman–Crippen MR) is 158 cm³/mol. The number of hydrogen-bond acceptors (Lipinski definition) is 1. The minimum absolute atomic E-state index is 1.12. The van der Waals surface area contributed by atoms with Gasteiger partial charge in [0.15, 0.2) is 0 Å². The average molecular weight is 486 g/mol.